The third kappa shape index (κ3) is 5.94. The second-order valence-electron chi connectivity index (χ2n) is 7.63. The van der Waals surface area contributed by atoms with Gasteiger partial charge in [0.15, 0.2) is 11.6 Å². The Morgan fingerprint density at radius 3 is 2.21 bits per heavy atom. The molecule has 0 heterocycles. The molecule has 4 heteroatoms. The highest BCUT2D eigenvalue weighted by atomic mass is 28.3. The molecule has 0 saturated carbocycles. The molecule has 0 aliphatic rings. The number of rotatable bonds is 9. The van der Waals surface area contributed by atoms with Crippen molar-refractivity contribution in [1.29, 1.82) is 0 Å². The number of halogens is 1. The van der Waals surface area contributed by atoms with E-state index in [-0.39, 0.29) is 17.5 Å². The fourth-order valence-electron chi connectivity index (χ4n) is 3.42. The van der Waals surface area contributed by atoms with Crippen molar-refractivity contribution in [2.45, 2.75) is 38.4 Å². The molecule has 0 aliphatic heterocycles. The van der Waals surface area contributed by atoms with Crippen molar-refractivity contribution in [1.82, 2.24) is 0 Å². The van der Waals surface area contributed by atoms with Gasteiger partial charge in [0.05, 0.1) is 6.61 Å². The minimum atomic E-state index is -0.703. The molecule has 0 aromatic heterocycles. The topological polar surface area (TPSA) is 18.5 Å². The first-order chi connectivity index (χ1) is 14.1. The fraction of sp³-hybridized carbons (Fsp3) is 0.280. The van der Waals surface area contributed by atoms with Crippen molar-refractivity contribution in [3.8, 4) is 17.2 Å². The van der Waals surface area contributed by atoms with Gasteiger partial charge in [0.2, 0.25) is 0 Å². The standard InChI is InChI=1S/C25H29FO2Si/c1-4-27-21-13-10-19(11-14-21)23(16-17-29(2)3)20-12-15-24(26)25(18-20)28-22-8-6-5-7-9-22/h5-15,18,23,29H,4,16-17H2,1-3H3. The first kappa shape index (κ1) is 21.1. The molecule has 152 valence electrons. The number of benzene rings is 3. The molecule has 0 spiro atoms. The van der Waals surface area contributed by atoms with Gasteiger partial charge in [0, 0.05) is 14.7 Å². The minimum Gasteiger partial charge on any atom is -0.494 e. The minimum absolute atomic E-state index is 0.208. The Morgan fingerprint density at radius 2 is 1.55 bits per heavy atom. The average molecular weight is 409 g/mol. The molecule has 3 aromatic rings. The third-order valence-electron chi connectivity index (χ3n) is 4.95. The number of para-hydroxylation sites is 1. The number of hydrogen-bond acceptors (Lipinski definition) is 2. The van der Waals surface area contributed by atoms with Gasteiger partial charge in [-0.2, -0.15) is 0 Å². The molecule has 1 unspecified atom stereocenters. The van der Waals surface area contributed by atoms with Gasteiger partial charge in [-0.1, -0.05) is 55.5 Å². The van der Waals surface area contributed by atoms with Gasteiger partial charge < -0.3 is 9.47 Å². The van der Waals surface area contributed by atoms with Crippen LogP contribution in [0, 0.1) is 5.82 Å². The second kappa shape index (κ2) is 10.3. The zero-order valence-corrected chi connectivity index (χ0v) is 18.6. The average Bonchev–Trinajstić information content (AvgIpc) is 2.72. The predicted molar refractivity (Wildman–Crippen MR) is 121 cm³/mol. The predicted octanol–water partition coefficient (Wildman–Crippen LogP) is 7.03. The molecule has 0 bridgehead atoms. The van der Waals surface area contributed by atoms with Gasteiger partial charge in [0.1, 0.15) is 11.5 Å². The molecule has 0 aliphatic carbocycles. The van der Waals surface area contributed by atoms with Crippen LogP contribution in [0.25, 0.3) is 0 Å². The molecule has 0 amide bonds. The van der Waals surface area contributed by atoms with Crippen LogP contribution in [0.5, 0.6) is 17.2 Å². The largest absolute Gasteiger partial charge is 0.494 e. The van der Waals surface area contributed by atoms with Crippen LogP contribution in [0.1, 0.15) is 30.4 Å². The zero-order valence-electron chi connectivity index (χ0n) is 17.4. The summed E-state index contributed by atoms with van der Waals surface area (Å²) in [7, 11) is -0.703. The maximum absolute atomic E-state index is 14.4. The first-order valence-electron chi connectivity index (χ1n) is 10.3. The monoisotopic (exact) mass is 408 g/mol. The summed E-state index contributed by atoms with van der Waals surface area (Å²) < 4.78 is 25.8. The van der Waals surface area contributed by atoms with Gasteiger partial charge in [-0.25, -0.2) is 4.39 Å². The lowest BCUT2D eigenvalue weighted by Gasteiger charge is -2.20. The lowest BCUT2D eigenvalue weighted by molar-refractivity contribution is 0.340. The van der Waals surface area contributed by atoms with Crippen LogP contribution in [-0.2, 0) is 0 Å². The van der Waals surface area contributed by atoms with E-state index in [0.717, 1.165) is 17.7 Å². The molecule has 3 rings (SSSR count). The van der Waals surface area contributed by atoms with Crippen molar-refractivity contribution in [2.24, 2.45) is 0 Å². The molecule has 3 aromatic carbocycles. The molecule has 1 atom stereocenters. The molecule has 29 heavy (non-hydrogen) atoms. The Morgan fingerprint density at radius 1 is 0.862 bits per heavy atom. The van der Waals surface area contributed by atoms with Gasteiger partial charge in [-0.05, 0) is 60.9 Å². The second-order valence-corrected chi connectivity index (χ2v) is 11.0. The van der Waals surface area contributed by atoms with E-state index in [4.69, 9.17) is 9.47 Å². The summed E-state index contributed by atoms with van der Waals surface area (Å²) in [6, 6.07) is 24.1. The Bertz CT molecular complexity index is 894. The van der Waals surface area contributed by atoms with Crippen molar-refractivity contribution < 1.29 is 13.9 Å². The normalized spacial score (nSPS) is 12.0. The van der Waals surface area contributed by atoms with Crippen molar-refractivity contribution >= 4 is 8.80 Å². The number of ether oxygens (including phenoxy) is 2. The summed E-state index contributed by atoms with van der Waals surface area (Å²) in [5.74, 6) is 1.64. The highest BCUT2D eigenvalue weighted by Crippen LogP contribution is 2.35. The van der Waals surface area contributed by atoms with Crippen LogP contribution in [0.15, 0.2) is 72.8 Å². The van der Waals surface area contributed by atoms with E-state index in [1.807, 2.05) is 61.5 Å². The van der Waals surface area contributed by atoms with Crippen molar-refractivity contribution in [3.05, 3.63) is 89.7 Å². The SMILES string of the molecule is CCOc1ccc(C(CC[SiH](C)C)c2ccc(F)c(Oc3ccccc3)c2)cc1. The van der Waals surface area contributed by atoms with E-state index in [1.54, 1.807) is 0 Å². The zero-order chi connectivity index (χ0) is 20.6. The van der Waals surface area contributed by atoms with Crippen LogP contribution < -0.4 is 9.47 Å². The van der Waals surface area contributed by atoms with Crippen LogP contribution in [0.3, 0.4) is 0 Å². The highest BCUT2D eigenvalue weighted by Gasteiger charge is 2.18. The quantitative estimate of drug-likeness (QED) is 0.354. The summed E-state index contributed by atoms with van der Waals surface area (Å²) in [5.41, 5.74) is 2.30. The van der Waals surface area contributed by atoms with E-state index >= 15 is 0 Å². The summed E-state index contributed by atoms with van der Waals surface area (Å²) in [6.45, 7) is 7.37. The smallest absolute Gasteiger partial charge is 0.165 e. The lowest BCUT2D eigenvalue weighted by Crippen LogP contribution is -2.07. The van der Waals surface area contributed by atoms with Crippen LogP contribution in [0.4, 0.5) is 4.39 Å². The molecule has 0 N–H and O–H groups in total. The molecule has 0 fully saturated rings. The molecule has 2 nitrogen and oxygen atoms in total. The maximum Gasteiger partial charge on any atom is 0.165 e. The Kier molecular flexibility index (Phi) is 7.47. The molecule has 0 radical (unpaired) electrons. The highest BCUT2D eigenvalue weighted by molar-refractivity contribution is 6.55. The Hall–Kier alpha value is -2.59. The van der Waals surface area contributed by atoms with Crippen LogP contribution in [0.2, 0.25) is 19.1 Å². The Labute approximate surface area is 174 Å². The summed E-state index contributed by atoms with van der Waals surface area (Å²) >= 11 is 0. The van der Waals surface area contributed by atoms with Crippen molar-refractivity contribution in [2.75, 3.05) is 6.61 Å². The number of hydrogen-bond donors (Lipinski definition) is 0. The first-order valence-corrected chi connectivity index (χ1v) is 13.4. The van der Waals surface area contributed by atoms with E-state index < -0.39 is 8.80 Å². The van der Waals surface area contributed by atoms with E-state index in [0.29, 0.717) is 12.4 Å². The summed E-state index contributed by atoms with van der Waals surface area (Å²) in [4.78, 5) is 0. The molecule has 0 saturated heterocycles. The maximum atomic E-state index is 14.4. The van der Waals surface area contributed by atoms with E-state index in [2.05, 4.69) is 25.2 Å². The van der Waals surface area contributed by atoms with E-state index in [1.165, 1.54) is 17.7 Å². The van der Waals surface area contributed by atoms with Crippen LogP contribution >= 0.6 is 0 Å². The summed E-state index contributed by atoms with van der Waals surface area (Å²) in [5, 5.41) is 0. The molecular weight excluding hydrogens is 379 g/mol. The molecular formula is C25H29FO2Si. The van der Waals surface area contributed by atoms with Gasteiger partial charge >= 0.3 is 0 Å². The third-order valence-corrected chi connectivity index (χ3v) is 6.44. The van der Waals surface area contributed by atoms with Gasteiger partial charge in [-0.3, -0.25) is 0 Å². The van der Waals surface area contributed by atoms with Crippen molar-refractivity contribution in [3.63, 3.8) is 0 Å². The van der Waals surface area contributed by atoms with Gasteiger partial charge in [0.25, 0.3) is 0 Å². The lowest BCUT2D eigenvalue weighted by atomic mass is 9.89. The van der Waals surface area contributed by atoms with Gasteiger partial charge in [-0.15, -0.1) is 0 Å². The summed E-state index contributed by atoms with van der Waals surface area (Å²) in [6.07, 6.45) is 1.05. The van der Waals surface area contributed by atoms with E-state index in [9.17, 15) is 4.39 Å². The fourth-order valence-corrected chi connectivity index (χ4v) is 4.42. The van der Waals surface area contributed by atoms with Crippen LogP contribution in [-0.4, -0.2) is 15.4 Å². The Balaban J connectivity index is 1.91.